The van der Waals surface area contributed by atoms with Crippen LogP contribution in [-0.4, -0.2) is 39.9 Å². The van der Waals surface area contributed by atoms with Gasteiger partial charge < -0.3 is 10.3 Å². The lowest BCUT2D eigenvalue weighted by Gasteiger charge is -2.08. The second-order valence-corrected chi connectivity index (χ2v) is 9.51. The van der Waals surface area contributed by atoms with Gasteiger partial charge in [-0.05, 0) is 6.07 Å². The van der Waals surface area contributed by atoms with E-state index in [0.717, 1.165) is 32.0 Å². The van der Waals surface area contributed by atoms with Crippen molar-refractivity contribution in [3.05, 3.63) is 49.1 Å². The van der Waals surface area contributed by atoms with E-state index < -0.39 is 9.84 Å². The molecule has 9 heteroatoms. The number of imidazole rings is 1. The maximum atomic E-state index is 11.6. The van der Waals surface area contributed by atoms with Crippen LogP contribution in [0.2, 0.25) is 0 Å². The first-order valence-corrected chi connectivity index (χ1v) is 11.1. The normalized spacial score (nSPS) is 11.9. The Balaban J connectivity index is 1.89. The second kappa shape index (κ2) is 6.75. The van der Waals surface area contributed by atoms with Gasteiger partial charge in [-0.1, -0.05) is 30.3 Å². The van der Waals surface area contributed by atoms with Crippen LogP contribution in [0.5, 0.6) is 0 Å². The van der Waals surface area contributed by atoms with Gasteiger partial charge in [0.2, 0.25) is 0 Å². The summed E-state index contributed by atoms with van der Waals surface area (Å²) in [5, 5.41) is 0.785. The van der Waals surface area contributed by atoms with Gasteiger partial charge in [-0.2, -0.15) is 0 Å². The molecular formula is C18H17N5O2S2. The predicted octanol–water partition coefficient (Wildman–Crippen LogP) is 2.85. The van der Waals surface area contributed by atoms with Crippen molar-refractivity contribution in [3.63, 3.8) is 0 Å². The molecule has 4 aromatic rings. The Labute approximate surface area is 160 Å². The smallest absolute Gasteiger partial charge is 0.149 e. The van der Waals surface area contributed by atoms with Crippen LogP contribution in [0.1, 0.15) is 0 Å². The zero-order chi connectivity index (χ0) is 19.0. The highest BCUT2D eigenvalue weighted by Crippen LogP contribution is 2.38. The molecule has 0 aliphatic heterocycles. The molecule has 0 saturated heterocycles. The van der Waals surface area contributed by atoms with Gasteiger partial charge >= 0.3 is 0 Å². The SMILES string of the molecule is CS(=O)(=O)CCn1cnc(-c2ccccc2)c1-c1cc2c(N)ncnc2s1. The number of nitrogen functional groups attached to an aromatic ring is 1. The minimum absolute atomic E-state index is 0.0391. The fraction of sp³-hybridized carbons (Fsp3) is 0.167. The molecular weight excluding hydrogens is 382 g/mol. The zero-order valence-electron chi connectivity index (χ0n) is 14.5. The summed E-state index contributed by atoms with van der Waals surface area (Å²) in [7, 11) is -3.10. The van der Waals surface area contributed by atoms with E-state index in [1.54, 1.807) is 6.33 Å². The Kier molecular flexibility index (Phi) is 4.40. The molecule has 3 heterocycles. The van der Waals surface area contributed by atoms with Crippen LogP contribution < -0.4 is 5.73 Å². The number of hydrogen-bond donors (Lipinski definition) is 1. The average Bonchev–Trinajstić information content (AvgIpc) is 3.24. The number of nitrogens with two attached hydrogens (primary N) is 1. The summed E-state index contributed by atoms with van der Waals surface area (Å²) >= 11 is 1.48. The van der Waals surface area contributed by atoms with Crippen LogP contribution in [-0.2, 0) is 16.4 Å². The number of aromatic nitrogens is 4. The molecule has 0 aliphatic rings. The Hall–Kier alpha value is -2.78. The topological polar surface area (TPSA) is 104 Å². The van der Waals surface area contributed by atoms with Crippen molar-refractivity contribution in [3.8, 4) is 21.8 Å². The van der Waals surface area contributed by atoms with Gasteiger partial charge in [-0.3, -0.25) is 0 Å². The lowest BCUT2D eigenvalue weighted by atomic mass is 10.1. The zero-order valence-corrected chi connectivity index (χ0v) is 16.2. The van der Waals surface area contributed by atoms with Crippen molar-refractivity contribution in [2.45, 2.75) is 6.54 Å². The number of aryl methyl sites for hydroxylation is 1. The van der Waals surface area contributed by atoms with Crippen LogP contribution in [0.25, 0.3) is 32.0 Å². The summed E-state index contributed by atoms with van der Waals surface area (Å²) in [5.74, 6) is 0.461. The van der Waals surface area contributed by atoms with E-state index in [0.29, 0.717) is 12.4 Å². The molecule has 7 nitrogen and oxygen atoms in total. The third kappa shape index (κ3) is 3.56. The van der Waals surface area contributed by atoms with E-state index in [1.165, 1.54) is 23.9 Å². The lowest BCUT2D eigenvalue weighted by molar-refractivity contribution is 0.595. The number of rotatable bonds is 5. The van der Waals surface area contributed by atoms with E-state index in [-0.39, 0.29) is 5.75 Å². The molecule has 0 aliphatic carbocycles. The largest absolute Gasteiger partial charge is 0.383 e. The van der Waals surface area contributed by atoms with Crippen LogP contribution in [0, 0.1) is 0 Å². The Morgan fingerprint density at radius 1 is 1.15 bits per heavy atom. The molecule has 27 heavy (non-hydrogen) atoms. The van der Waals surface area contributed by atoms with Gasteiger partial charge in [0.15, 0.2) is 0 Å². The summed E-state index contributed by atoms with van der Waals surface area (Å²) in [6, 6.07) is 11.7. The first-order valence-electron chi connectivity index (χ1n) is 8.21. The summed E-state index contributed by atoms with van der Waals surface area (Å²) in [4.78, 5) is 14.6. The molecule has 0 unspecified atom stereocenters. The summed E-state index contributed by atoms with van der Waals surface area (Å²) in [6.07, 6.45) is 4.36. The minimum atomic E-state index is -3.10. The van der Waals surface area contributed by atoms with Crippen molar-refractivity contribution in [1.82, 2.24) is 19.5 Å². The number of thiophene rings is 1. The number of anilines is 1. The second-order valence-electron chi connectivity index (χ2n) is 6.22. The van der Waals surface area contributed by atoms with Crippen molar-refractivity contribution < 1.29 is 8.42 Å². The van der Waals surface area contributed by atoms with E-state index in [2.05, 4.69) is 15.0 Å². The van der Waals surface area contributed by atoms with Gasteiger partial charge in [-0.25, -0.2) is 23.4 Å². The number of sulfone groups is 1. The highest BCUT2D eigenvalue weighted by atomic mass is 32.2. The van der Waals surface area contributed by atoms with Crippen LogP contribution in [0.3, 0.4) is 0 Å². The standard InChI is InChI=1S/C18H17N5O2S2/c1-27(24,25)8-7-23-11-22-15(12-5-3-2-4-6-12)16(23)14-9-13-17(19)20-10-21-18(13)26-14/h2-6,9-11H,7-8H2,1H3,(H2,19,20,21). The highest BCUT2D eigenvalue weighted by molar-refractivity contribution is 7.90. The fourth-order valence-corrected chi connectivity index (χ4v) is 4.47. The quantitative estimate of drug-likeness (QED) is 0.553. The molecule has 0 fully saturated rings. The summed E-state index contributed by atoms with van der Waals surface area (Å²) < 4.78 is 25.2. The molecule has 0 saturated carbocycles. The predicted molar refractivity (Wildman–Crippen MR) is 108 cm³/mol. The third-order valence-corrected chi connectivity index (χ3v) is 6.16. The first-order chi connectivity index (χ1) is 12.9. The van der Waals surface area contributed by atoms with Crippen LogP contribution in [0.15, 0.2) is 49.1 Å². The Morgan fingerprint density at radius 2 is 1.93 bits per heavy atom. The van der Waals surface area contributed by atoms with Crippen molar-refractivity contribution in [1.29, 1.82) is 0 Å². The monoisotopic (exact) mass is 399 g/mol. The molecule has 138 valence electrons. The summed E-state index contributed by atoms with van der Waals surface area (Å²) in [5.41, 5.74) is 8.59. The molecule has 0 amide bonds. The Bertz CT molecular complexity index is 1210. The van der Waals surface area contributed by atoms with E-state index >= 15 is 0 Å². The maximum absolute atomic E-state index is 11.6. The first kappa shape index (κ1) is 17.6. The highest BCUT2D eigenvalue weighted by Gasteiger charge is 2.19. The molecule has 1 aromatic carbocycles. The number of fused-ring (bicyclic) bond motifs is 1. The molecule has 0 atom stereocenters. The van der Waals surface area contributed by atoms with Crippen molar-refractivity contribution in [2.24, 2.45) is 0 Å². The molecule has 2 N–H and O–H groups in total. The van der Waals surface area contributed by atoms with E-state index in [4.69, 9.17) is 5.73 Å². The van der Waals surface area contributed by atoms with E-state index in [9.17, 15) is 8.42 Å². The van der Waals surface area contributed by atoms with Gasteiger partial charge in [0.25, 0.3) is 0 Å². The van der Waals surface area contributed by atoms with E-state index in [1.807, 2.05) is 41.0 Å². The molecule has 3 aromatic heterocycles. The molecule has 4 rings (SSSR count). The van der Waals surface area contributed by atoms with Crippen molar-refractivity contribution >= 4 is 37.2 Å². The number of benzene rings is 1. The minimum Gasteiger partial charge on any atom is -0.383 e. The molecule has 0 radical (unpaired) electrons. The maximum Gasteiger partial charge on any atom is 0.149 e. The fourth-order valence-electron chi connectivity index (χ4n) is 2.87. The van der Waals surface area contributed by atoms with Crippen LogP contribution >= 0.6 is 11.3 Å². The summed E-state index contributed by atoms with van der Waals surface area (Å²) in [6.45, 7) is 0.323. The van der Waals surface area contributed by atoms with Gasteiger partial charge in [0.1, 0.15) is 26.8 Å². The van der Waals surface area contributed by atoms with Gasteiger partial charge in [0, 0.05) is 18.4 Å². The Morgan fingerprint density at radius 3 is 2.63 bits per heavy atom. The molecule has 0 bridgehead atoms. The number of hydrogen-bond acceptors (Lipinski definition) is 7. The van der Waals surface area contributed by atoms with Crippen LogP contribution in [0.4, 0.5) is 5.82 Å². The lowest BCUT2D eigenvalue weighted by Crippen LogP contribution is -2.11. The van der Waals surface area contributed by atoms with Gasteiger partial charge in [0.05, 0.1) is 33.7 Å². The number of nitrogens with zero attached hydrogens (tertiary/aromatic N) is 4. The van der Waals surface area contributed by atoms with Crippen molar-refractivity contribution in [2.75, 3.05) is 17.7 Å². The molecule has 0 spiro atoms. The average molecular weight is 400 g/mol. The van der Waals surface area contributed by atoms with Gasteiger partial charge in [-0.15, -0.1) is 11.3 Å². The third-order valence-electron chi connectivity index (χ3n) is 4.18.